The number of aryl methyl sites for hydroxylation is 1. The van der Waals surface area contributed by atoms with E-state index < -0.39 is 0 Å². The molecule has 0 aliphatic heterocycles. The Kier molecular flexibility index (Phi) is 3.65. The Balaban J connectivity index is 2.11. The molecular formula is C11H12N4S2. The summed E-state index contributed by atoms with van der Waals surface area (Å²) in [5, 5.41) is 4.27. The monoisotopic (exact) mass is 264 g/mol. The van der Waals surface area contributed by atoms with Crippen molar-refractivity contribution in [1.82, 2.24) is 9.97 Å². The molecule has 0 spiro atoms. The van der Waals surface area contributed by atoms with Crippen LogP contribution in [0.1, 0.15) is 15.6 Å². The molecule has 0 saturated heterocycles. The predicted octanol–water partition coefficient (Wildman–Crippen LogP) is 2.09. The largest absolute Gasteiger partial charge is 0.388 e. The molecule has 2 rings (SSSR count). The fourth-order valence-electron chi connectivity index (χ4n) is 1.40. The maximum atomic E-state index is 5.60. The van der Waals surface area contributed by atoms with Crippen molar-refractivity contribution in [2.24, 2.45) is 5.73 Å². The molecule has 0 amide bonds. The number of nitrogens with two attached hydrogens (primary N) is 1. The first-order valence-corrected chi connectivity index (χ1v) is 6.29. The first-order valence-electron chi connectivity index (χ1n) is 5.07. The fourth-order valence-corrected chi connectivity index (χ4v) is 2.29. The Morgan fingerprint density at radius 2 is 2.35 bits per heavy atom. The molecule has 0 bridgehead atoms. The van der Waals surface area contributed by atoms with E-state index in [0.29, 0.717) is 17.2 Å². The topological polar surface area (TPSA) is 63.8 Å². The summed E-state index contributed by atoms with van der Waals surface area (Å²) in [6.45, 7) is 2.69. The third-order valence-corrected chi connectivity index (χ3v) is 3.25. The van der Waals surface area contributed by atoms with Gasteiger partial charge in [0.05, 0.1) is 12.2 Å². The first kappa shape index (κ1) is 11.9. The molecule has 0 saturated carbocycles. The van der Waals surface area contributed by atoms with Crippen molar-refractivity contribution in [3.63, 3.8) is 0 Å². The van der Waals surface area contributed by atoms with Crippen LogP contribution in [-0.2, 0) is 6.54 Å². The van der Waals surface area contributed by atoms with Gasteiger partial charge in [0.15, 0.2) is 0 Å². The summed E-state index contributed by atoms with van der Waals surface area (Å²) >= 11 is 6.61. The lowest BCUT2D eigenvalue weighted by atomic mass is 10.3. The molecule has 0 fully saturated rings. The molecule has 0 aromatic carbocycles. The zero-order valence-electron chi connectivity index (χ0n) is 9.30. The van der Waals surface area contributed by atoms with Crippen LogP contribution in [0.4, 0.5) is 5.69 Å². The number of thiocarbonyl (C=S) groups is 1. The van der Waals surface area contributed by atoms with E-state index >= 15 is 0 Å². The smallest absolute Gasteiger partial charge is 0.124 e. The molecule has 0 aliphatic carbocycles. The number of rotatable bonds is 4. The normalized spacial score (nSPS) is 10.2. The van der Waals surface area contributed by atoms with Crippen molar-refractivity contribution >= 4 is 34.2 Å². The SMILES string of the molecule is Cc1cnc(CNc2cccnc2C(N)=S)s1. The second-order valence-electron chi connectivity index (χ2n) is 3.48. The van der Waals surface area contributed by atoms with E-state index in [1.807, 2.05) is 25.3 Å². The standard InChI is InChI=1S/C11H12N4S2/c1-7-5-15-9(17-7)6-14-8-3-2-4-13-10(8)11(12)16/h2-5,14H,6H2,1H3,(H2,12,16). The summed E-state index contributed by atoms with van der Waals surface area (Å²) in [7, 11) is 0. The molecule has 2 aromatic heterocycles. The highest BCUT2D eigenvalue weighted by Gasteiger charge is 2.06. The minimum absolute atomic E-state index is 0.295. The van der Waals surface area contributed by atoms with Crippen LogP contribution in [0, 0.1) is 6.92 Å². The van der Waals surface area contributed by atoms with Crippen LogP contribution in [0.25, 0.3) is 0 Å². The molecule has 3 N–H and O–H groups in total. The van der Waals surface area contributed by atoms with Gasteiger partial charge in [-0.1, -0.05) is 12.2 Å². The molecule has 2 aromatic rings. The number of aromatic nitrogens is 2. The van der Waals surface area contributed by atoms with Crippen molar-refractivity contribution < 1.29 is 0 Å². The first-order chi connectivity index (χ1) is 8.16. The minimum Gasteiger partial charge on any atom is -0.388 e. The number of anilines is 1. The Morgan fingerprint density at radius 1 is 1.53 bits per heavy atom. The van der Waals surface area contributed by atoms with Crippen LogP contribution >= 0.6 is 23.6 Å². The summed E-state index contributed by atoms with van der Waals surface area (Å²) < 4.78 is 0. The number of hydrogen-bond donors (Lipinski definition) is 2. The van der Waals surface area contributed by atoms with E-state index in [2.05, 4.69) is 15.3 Å². The molecule has 0 radical (unpaired) electrons. The average molecular weight is 264 g/mol. The van der Waals surface area contributed by atoms with Crippen LogP contribution in [0.5, 0.6) is 0 Å². The molecule has 17 heavy (non-hydrogen) atoms. The van der Waals surface area contributed by atoms with Crippen LogP contribution in [0.3, 0.4) is 0 Å². The van der Waals surface area contributed by atoms with Gasteiger partial charge >= 0.3 is 0 Å². The van der Waals surface area contributed by atoms with E-state index in [0.717, 1.165) is 10.7 Å². The molecule has 88 valence electrons. The van der Waals surface area contributed by atoms with Gasteiger partial charge in [-0.25, -0.2) is 4.98 Å². The molecule has 2 heterocycles. The zero-order valence-corrected chi connectivity index (χ0v) is 10.9. The lowest BCUT2D eigenvalue weighted by Gasteiger charge is -2.08. The Hall–Kier alpha value is -1.53. The summed E-state index contributed by atoms with van der Waals surface area (Å²) in [6, 6.07) is 3.75. The van der Waals surface area contributed by atoms with Crippen molar-refractivity contribution in [3.05, 3.63) is 40.1 Å². The number of thiazole rings is 1. The van der Waals surface area contributed by atoms with Gasteiger partial charge in [-0.3, -0.25) is 4.98 Å². The third-order valence-electron chi connectivity index (χ3n) is 2.14. The maximum absolute atomic E-state index is 5.60. The van der Waals surface area contributed by atoms with Crippen LogP contribution in [0.15, 0.2) is 24.5 Å². The molecular weight excluding hydrogens is 252 g/mol. The quantitative estimate of drug-likeness (QED) is 0.828. The molecule has 0 aliphatic rings. The summed E-state index contributed by atoms with van der Waals surface area (Å²) in [6.07, 6.45) is 3.53. The highest BCUT2D eigenvalue weighted by Crippen LogP contribution is 2.16. The molecule has 4 nitrogen and oxygen atoms in total. The Labute approximate surface area is 109 Å². The van der Waals surface area contributed by atoms with Gasteiger partial charge in [-0.2, -0.15) is 0 Å². The second-order valence-corrected chi connectivity index (χ2v) is 5.24. The lowest BCUT2D eigenvalue weighted by molar-refractivity contribution is 1.09. The minimum atomic E-state index is 0.295. The molecule has 0 unspecified atom stereocenters. The average Bonchev–Trinajstić information content (AvgIpc) is 2.73. The zero-order chi connectivity index (χ0) is 12.3. The Morgan fingerprint density at radius 3 is 3.00 bits per heavy atom. The molecule has 6 heteroatoms. The second kappa shape index (κ2) is 5.20. The van der Waals surface area contributed by atoms with E-state index in [9.17, 15) is 0 Å². The van der Waals surface area contributed by atoms with Crippen molar-refractivity contribution in [1.29, 1.82) is 0 Å². The van der Waals surface area contributed by atoms with Gasteiger partial charge in [0.25, 0.3) is 0 Å². The highest BCUT2D eigenvalue weighted by atomic mass is 32.1. The van der Waals surface area contributed by atoms with E-state index in [-0.39, 0.29) is 0 Å². The summed E-state index contributed by atoms with van der Waals surface area (Å²) in [4.78, 5) is 9.92. The highest BCUT2D eigenvalue weighted by molar-refractivity contribution is 7.80. The number of pyridine rings is 1. The predicted molar refractivity (Wildman–Crippen MR) is 74.3 cm³/mol. The van der Waals surface area contributed by atoms with Crippen molar-refractivity contribution in [2.45, 2.75) is 13.5 Å². The van der Waals surface area contributed by atoms with E-state index in [1.54, 1.807) is 17.5 Å². The van der Waals surface area contributed by atoms with Crippen LogP contribution in [-0.4, -0.2) is 15.0 Å². The van der Waals surface area contributed by atoms with Gasteiger partial charge in [0, 0.05) is 17.3 Å². The lowest BCUT2D eigenvalue weighted by Crippen LogP contribution is -2.15. The van der Waals surface area contributed by atoms with Gasteiger partial charge < -0.3 is 11.1 Å². The fraction of sp³-hybridized carbons (Fsp3) is 0.182. The number of nitrogens with zero attached hydrogens (tertiary/aromatic N) is 2. The third kappa shape index (κ3) is 2.98. The van der Waals surface area contributed by atoms with E-state index in [1.165, 1.54) is 4.88 Å². The number of hydrogen-bond acceptors (Lipinski definition) is 5. The van der Waals surface area contributed by atoms with Crippen LogP contribution < -0.4 is 11.1 Å². The van der Waals surface area contributed by atoms with E-state index in [4.69, 9.17) is 18.0 Å². The maximum Gasteiger partial charge on any atom is 0.124 e. The summed E-state index contributed by atoms with van der Waals surface area (Å²) in [5.74, 6) is 0. The van der Waals surface area contributed by atoms with Crippen molar-refractivity contribution in [2.75, 3.05) is 5.32 Å². The van der Waals surface area contributed by atoms with Gasteiger partial charge in [-0.15, -0.1) is 11.3 Å². The Bertz CT molecular complexity index is 536. The van der Waals surface area contributed by atoms with Gasteiger partial charge in [0.2, 0.25) is 0 Å². The molecule has 0 atom stereocenters. The van der Waals surface area contributed by atoms with Gasteiger partial charge in [0.1, 0.15) is 15.7 Å². The van der Waals surface area contributed by atoms with Crippen LogP contribution in [0.2, 0.25) is 0 Å². The van der Waals surface area contributed by atoms with Crippen molar-refractivity contribution in [3.8, 4) is 0 Å². The van der Waals surface area contributed by atoms with Gasteiger partial charge in [-0.05, 0) is 19.1 Å². The number of nitrogens with one attached hydrogen (secondary N) is 1. The summed E-state index contributed by atoms with van der Waals surface area (Å²) in [5.41, 5.74) is 7.07.